The summed E-state index contributed by atoms with van der Waals surface area (Å²) >= 11 is 6.45. The van der Waals surface area contributed by atoms with E-state index in [4.69, 9.17) is 21.1 Å². The molecule has 0 aliphatic carbocycles. The Morgan fingerprint density at radius 3 is 2.53 bits per heavy atom. The van der Waals surface area contributed by atoms with Gasteiger partial charge in [-0.25, -0.2) is 23.5 Å². The van der Waals surface area contributed by atoms with Crippen LogP contribution >= 0.6 is 11.6 Å². The fourth-order valence-electron chi connectivity index (χ4n) is 3.87. The molecule has 0 radical (unpaired) electrons. The molecule has 0 saturated heterocycles. The lowest BCUT2D eigenvalue weighted by molar-refractivity contribution is -0.140. The molecule has 2 amide bonds. The van der Waals surface area contributed by atoms with E-state index in [0.29, 0.717) is 22.5 Å². The zero-order valence-electron chi connectivity index (χ0n) is 20.5. The first-order chi connectivity index (χ1) is 18.3. The van der Waals surface area contributed by atoms with Crippen LogP contribution in [0.4, 0.5) is 9.18 Å². The van der Waals surface area contributed by atoms with Gasteiger partial charge in [-0.2, -0.15) is 5.10 Å². The van der Waals surface area contributed by atoms with Crippen LogP contribution in [0.5, 0.6) is 0 Å². The minimum atomic E-state index is -0.785. The predicted molar refractivity (Wildman–Crippen MR) is 138 cm³/mol. The molecule has 2 heterocycles. The van der Waals surface area contributed by atoms with E-state index in [0.717, 1.165) is 6.08 Å². The number of urea groups is 1. The molecule has 11 heteroatoms. The lowest BCUT2D eigenvalue weighted by Gasteiger charge is -2.29. The zero-order chi connectivity index (χ0) is 27.2. The molecule has 1 aliphatic rings. The van der Waals surface area contributed by atoms with Crippen LogP contribution in [0, 0.1) is 12.7 Å². The lowest BCUT2D eigenvalue weighted by atomic mass is 9.95. The molecule has 1 unspecified atom stereocenters. The third-order valence-electron chi connectivity index (χ3n) is 5.65. The Balaban J connectivity index is 1.54. The van der Waals surface area contributed by atoms with Gasteiger partial charge in [-0.15, -0.1) is 0 Å². The Morgan fingerprint density at radius 2 is 1.84 bits per heavy atom. The molecule has 0 saturated carbocycles. The van der Waals surface area contributed by atoms with Crippen molar-refractivity contribution in [3.8, 4) is 5.69 Å². The number of carbonyl (C=O) groups excluding carboxylic acids is 3. The summed E-state index contributed by atoms with van der Waals surface area (Å²) in [5.74, 6) is -1.78. The summed E-state index contributed by atoms with van der Waals surface area (Å²) in [6.07, 6.45) is 2.61. The van der Waals surface area contributed by atoms with Crippen LogP contribution in [0.2, 0.25) is 5.15 Å². The molecule has 0 spiro atoms. The molecule has 3 aromatic rings. The highest BCUT2D eigenvalue weighted by molar-refractivity contribution is 6.31. The van der Waals surface area contributed by atoms with E-state index in [-0.39, 0.29) is 29.6 Å². The molecular formula is C27H24ClFN4O5. The van der Waals surface area contributed by atoms with Crippen molar-refractivity contribution in [1.82, 2.24) is 20.4 Å². The van der Waals surface area contributed by atoms with Crippen molar-refractivity contribution in [2.45, 2.75) is 19.9 Å². The number of aryl methyl sites for hydroxylation is 1. The number of carbonyl (C=O) groups is 3. The Hall–Kier alpha value is -4.44. The van der Waals surface area contributed by atoms with Gasteiger partial charge in [0.25, 0.3) is 0 Å². The molecule has 1 atom stereocenters. The molecule has 4 rings (SSSR count). The molecule has 0 fully saturated rings. The van der Waals surface area contributed by atoms with E-state index < -0.39 is 29.8 Å². The first-order valence-corrected chi connectivity index (χ1v) is 12.0. The number of rotatable bonds is 8. The Kier molecular flexibility index (Phi) is 8.22. The van der Waals surface area contributed by atoms with Crippen molar-refractivity contribution in [2.75, 3.05) is 13.2 Å². The van der Waals surface area contributed by atoms with Gasteiger partial charge in [-0.1, -0.05) is 41.9 Å². The fourth-order valence-corrected chi connectivity index (χ4v) is 4.21. The average molecular weight is 539 g/mol. The summed E-state index contributed by atoms with van der Waals surface area (Å²) in [5, 5.41) is 9.82. The smallest absolute Gasteiger partial charge is 0.338 e. The minimum Gasteiger partial charge on any atom is -0.463 e. The van der Waals surface area contributed by atoms with Crippen LogP contribution in [0.15, 0.2) is 71.9 Å². The first kappa shape index (κ1) is 26.6. The SMILES string of the molecule is CCOC(=O)C1=C(COC(=O)/C=C/c2c(C)nn(-c3ccc(F)cc3)c2Cl)NC(=O)NC1c1ccccc1. The van der Waals surface area contributed by atoms with E-state index in [1.807, 2.05) is 6.07 Å². The number of hydrogen-bond acceptors (Lipinski definition) is 6. The molecule has 0 bridgehead atoms. The van der Waals surface area contributed by atoms with Crippen molar-refractivity contribution in [3.63, 3.8) is 0 Å². The number of hydrogen-bond donors (Lipinski definition) is 2. The van der Waals surface area contributed by atoms with Crippen molar-refractivity contribution < 1.29 is 28.2 Å². The van der Waals surface area contributed by atoms with Crippen LogP contribution in [-0.2, 0) is 19.1 Å². The van der Waals surface area contributed by atoms with Gasteiger partial charge in [0.15, 0.2) is 0 Å². The normalized spacial score (nSPS) is 15.3. The number of halogens is 2. The maximum absolute atomic E-state index is 13.3. The summed E-state index contributed by atoms with van der Waals surface area (Å²) in [6, 6.07) is 13.2. The van der Waals surface area contributed by atoms with E-state index >= 15 is 0 Å². The van der Waals surface area contributed by atoms with Crippen LogP contribution < -0.4 is 10.6 Å². The van der Waals surface area contributed by atoms with E-state index in [2.05, 4.69) is 15.7 Å². The predicted octanol–water partition coefficient (Wildman–Crippen LogP) is 4.40. The lowest BCUT2D eigenvalue weighted by Crippen LogP contribution is -2.47. The van der Waals surface area contributed by atoms with Crippen molar-refractivity contribution in [3.05, 3.63) is 99.7 Å². The van der Waals surface area contributed by atoms with Crippen LogP contribution in [-0.4, -0.2) is 41.0 Å². The van der Waals surface area contributed by atoms with Gasteiger partial charge in [0.05, 0.1) is 35.3 Å². The number of aromatic nitrogens is 2. The number of ether oxygens (including phenoxy) is 2. The molecule has 196 valence electrons. The molecular weight excluding hydrogens is 515 g/mol. The standard InChI is InChI=1S/C27H24ClFN4O5/c1-3-37-26(35)23-21(30-27(36)31-24(23)17-7-5-4-6-8-17)15-38-22(34)14-13-20-16(2)32-33(25(20)28)19-11-9-18(29)10-12-19/h4-14,24H,3,15H2,1-2H3,(H2,30,31,36)/b14-13+. The summed E-state index contributed by atoms with van der Waals surface area (Å²) in [7, 11) is 0. The number of esters is 2. The topological polar surface area (TPSA) is 112 Å². The third-order valence-corrected chi connectivity index (χ3v) is 6.01. The number of nitrogens with one attached hydrogen (secondary N) is 2. The van der Waals surface area contributed by atoms with Crippen molar-refractivity contribution >= 4 is 35.6 Å². The monoisotopic (exact) mass is 538 g/mol. The second kappa shape index (κ2) is 11.7. The molecule has 1 aliphatic heterocycles. The molecule has 9 nitrogen and oxygen atoms in total. The quantitative estimate of drug-likeness (QED) is 0.325. The van der Waals surface area contributed by atoms with Crippen molar-refractivity contribution in [1.29, 1.82) is 0 Å². The average Bonchev–Trinajstić information content (AvgIpc) is 3.19. The van der Waals surface area contributed by atoms with Crippen LogP contribution in [0.3, 0.4) is 0 Å². The van der Waals surface area contributed by atoms with Gasteiger partial charge < -0.3 is 20.1 Å². The number of benzene rings is 2. The second-order valence-corrected chi connectivity index (χ2v) is 8.53. The molecule has 1 aromatic heterocycles. The maximum Gasteiger partial charge on any atom is 0.338 e. The van der Waals surface area contributed by atoms with E-state index in [9.17, 15) is 18.8 Å². The first-order valence-electron chi connectivity index (χ1n) is 11.7. The van der Waals surface area contributed by atoms with Crippen LogP contribution in [0.1, 0.15) is 29.8 Å². The van der Waals surface area contributed by atoms with Gasteiger partial charge in [-0.3, -0.25) is 0 Å². The van der Waals surface area contributed by atoms with E-state index in [1.165, 1.54) is 35.0 Å². The highest BCUT2D eigenvalue weighted by atomic mass is 35.5. The number of amides is 2. The molecule has 2 N–H and O–H groups in total. The van der Waals surface area contributed by atoms with Gasteiger partial charge in [-0.05, 0) is 49.8 Å². The van der Waals surface area contributed by atoms with Gasteiger partial charge in [0.2, 0.25) is 0 Å². The second-order valence-electron chi connectivity index (χ2n) is 8.17. The van der Waals surface area contributed by atoms with E-state index in [1.54, 1.807) is 38.1 Å². The molecule has 38 heavy (non-hydrogen) atoms. The zero-order valence-corrected chi connectivity index (χ0v) is 21.3. The highest BCUT2D eigenvalue weighted by Crippen LogP contribution is 2.28. The molecule has 2 aromatic carbocycles. The van der Waals surface area contributed by atoms with Crippen molar-refractivity contribution in [2.24, 2.45) is 0 Å². The van der Waals surface area contributed by atoms with Gasteiger partial charge in [0.1, 0.15) is 17.6 Å². The van der Waals surface area contributed by atoms with Gasteiger partial charge >= 0.3 is 18.0 Å². The summed E-state index contributed by atoms with van der Waals surface area (Å²) < 4.78 is 25.2. The minimum absolute atomic E-state index is 0.112. The van der Waals surface area contributed by atoms with Crippen LogP contribution in [0.25, 0.3) is 11.8 Å². The Morgan fingerprint density at radius 1 is 1.13 bits per heavy atom. The summed E-state index contributed by atoms with van der Waals surface area (Å²) in [5.41, 5.74) is 2.47. The Bertz CT molecular complexity index is 1420. The fraction of sp³-hybridized carbons (Fsp3) is 0.185. The van der Waals surface area contributed by atoms with Gasteiger partial charge in [0, 0.05) is 11.6 Å². The third kappa shape index (κ3) is 5.92. The summed E-state index contributed by atoms with van der Waals surface area (Å²) in [6.45, 7) is 3.12. The largest absolute Gasteiger partial charge is 0.463 e. The summed E-state index contributed by atoms with van der Waals surface area (Å²) in [4.78, 5) is 37.7. The maximum atomic E-state index is 13.3. The Labute approximate surface area is 222 Å². The number of nitrogens with zero attached hydrogens (tertiary/aromatic N) is 2. The highest BCUT2D eigenvalue weighted by Gasteiger charge is 2.34.